The van der Waals surface area contributed by atoms with Crippen LogP contribution >= 0.6 is 15.9 Å². The SMILES string of the molecule is COc1ccc(C(=O)N(C)Cc2ccc(OC)c(OC)c2OC)cc1Br. The zero-order chi connectivity index (χ0) is 19.3. The monoisotopic (exact) mass is 423 g/mol. The highest BCUT2D eigenvalue weighted by molar-refractivity contribution is 9.10. The number of ether oxygens (including phenoxy) is 4. The maximum Gasteiger partial charge on any atom is 0.253 e. The summed E-state index contributed by atoms with van der Waals surface area (Å²) in [6, 6.07) is 8.87. The summed E-state index contributed by atoms with van der Waals surface area (Å²) in [5, 5.41) is 0. The van der Waals surface area contributed by atoms with Gasteiger partial charge in [-0.2, -0.15) is 0 Å². The Labute approximate surface area is 161 Å². The molecule has 1 amide bonds. The Morgan fingerprint density at radius 2 is 1.54 bits per heavy atom. The van der Waals surface area contributed by atoms with E-state index in [-0.39, 0.29) is 5.91 Å². The van der Waals surface area contributed by atoms with Gasteiger partial charge in [0.1, 0.15) is 5.75 Å². The first kappa shape index (κ1) is 19.9. The molecule has 0 saturated heterocycles. The molecular weight excluding hydrogens is 402 g/mol. The van der Waals surface area contributed by atoms with E-state index in [1.165, 1.54) is 0 Å². The number of hydrogen-bond donors (Lipinski definition) is 0. The third-order valence-corrected chi connectivity index (χ3v) is 4.56. The molecule has 0 atom stereocenters. The summed E-state index contributed by atoms with van der Waals surface area (Å²) in [5.41, 5.74) is 1.37. The summed E-state index contributed by atoms with van der Waals surface area (Å²) in [6.45, 7) is 0.353. The normalized spacial score (nSPS) is 10.2. The number of hydrogen-bond acceptors (Lipinski definition) is 5. The van der Waals surface area contributed by atoms with Gasteiger partial charge >= 0.3 is 0 Å². The van der Waals surface area contributed by atoms with Crippen LogP contribution in [0.4, 0.5) is 0 Å². The second kappa shape index (κ2) is 8.80. The minimum absolute atomic E-state index is 0.120. The fraction of sp³-hybridized carbons (Fsp3) is 0.316. The fourth-order valence-electron chi connectivity index (χ4n) is 2.63. The smallest absolute Gasteiger partial charge is 0.253 e. The second-order valence-corrected chi connectivity index (χ2v) is 6.36. The Kier molecular flexibility index (Phi) is 6.74. The largest absolute Gasteiger partial charge is 0.496 e. The van der Waals surface area contributed by atoms with E-state index in [2.05, 4.69) is 15.9 Å². The van der Waals surface area contributed by atoms with Crippen molar-refractivity contribution in [3.8, 4) is 23.0 Å². The van der Waals surface area contributed by atoms with Crippen LogP contribution in [0.1, 0.15) is 15.9 Å². The van der Waals surface area contributed by atoms with Crippen molar-refractivity contribution in [3.05, 3.63) is 45.9 Å². The van der Waals surface area contributed by atoms with Gasteiger partial charge in [-0.1, -0.05) is 0 Å². The van der Waals surface area contributed by atoms with Crippen LogP contribution < -0.4 is 18.9 Å². The molecule has 26 heavy (non-hydrogen) atoms. The van der Waals surface area contributed by atoms with Gasteiger partial charge in [0.25, 0.3) is 5.91 Å². The molecule has 2 aromatic carbocycles. The number of benzene rings is 2. The van der Waals surface area contributed by atoms with Crippen LogP contribution in [-0.2, 0) is 6.54 Å². The molecule has 0 radical (unpaired) electrons. The Hall–Kier alpha value is -2.41. The number of carbonyl (C=O) groups is 1. The lowest BCUT2D eigenvalue weighted by Crippen LogP contribution is -2.26. The molecule has 0 aliphatic rings. The molecule has 0 heterocycles. The third kappa shape index (κ3) is 4.04. The summed E-state index contributed by atoms with van der Waals surface area (Å²) in [6.07, 6.45) is 0. The first-order valence-corrected chi connectivity index (χ1v) is 8.62. The highest BCUT2D eigenvalue weighted by atomic mass is 79.9. The van der Waals surface area contributed by atoms with Gasteiger partial charge in [-0.3, -0.25) is 4.79 Å². The quantitative estimate of drug-likeness (QED) is 0.678. The van der Waals surface area contributed by atoms with E-state index in [4.69, 9.17) is 18.9 Å². The summed E-state index contributed by atoms with van der Waals surface area (Å²) >= 11 is 3.40. The van der Waals surface area contributed by atoms with Gasteiger partial charge in [-0.25, -0.2) is 0 Å². The number of nitrogens with zero attached hydrogens (tertiary/aromatic N) is 1. The van der Waals surface area contributed by atoms with Crippen molar-refractivity contribution in [2.24, 2.45) is 0 Å². The van der Waals surface area contributed by atoms with Crippen molar-refractivity contribution in [2.45, 2.75) is 6.54 Å². The molecule has 6 nitrogen and oxygen atoms in total. The molecule has 0 fully saturated rings. The maximum absolute atomic E-state index is 12.7. The van der Waals surface area contributed by atoms with E-state index in [9.17, 15) is 4.79 Å². The number of halogens is 1. The van der Waals surface area contributed by atoms with Crippen molar-refractivity contribution in [1.82, 2.24) is 4.90 Å². The molecule has 2 rings (SSSR count). The molecule has 0 N–H and O–H groups in total. The van der Waals surface area contributed by atoms with Crippen LogP contribution in [0, 0.1) is 0 Å². The molecule has 140 valence electrons. The third-order valence-electron chi connectivity index (χ3n) is 3.94. The van der Waals surface area contributed by atoms with E-state index in [0.717, 1.165) is 10.0 Å². The number of amides is 1. The molecule has 0 unspecified atom stereocenters. The lowest BCUT2D eigenvalue weighted by atomic mass is 10.1. The Morgan fingerprint density at radius 1 is 0.923 bits per heavy atom. The Morgan fingerprint density at radius 3 is 2.08 bits per heavy atom. The van der Waals surface area contributed by atoms with Crippen LogP contribution in [0.3, 0.4) is 0 Å². The van der Waals surface area contributed by atoms with Crippen molar-refractivity contribution in [1.29, 1.82) is 0 Å². The highest BCUT2D eigenvalue weighted by Gasteiger charge is 2.20. The first-order valence-electron chi connectivity index (χ1n) is 7.83. The summed E-state index contributed by atoms with van der Waals surface area (Å²) in [5.74, 6) is 2.17. The maximum atomic E-state index is 12.7. The molecule has 2 aromatic rings. The van der Waals surface area contributed by atoms with Crippen LogP contribution in [0.5, 0.6) is 23.0 Å². The lowest BCUT2D eigenvalue weighted by molar-refractivity contribution is 0.0784. The number of rotatable bonds is 7. The summed E-state index contributed by atoms with van der Waals surface area (Å²) in [4.78, 5) is 14.4. The molecule has 0 saturated carbocycles. The summed E-state index contributed by atoms with van der Waals surface area (Å²) in [7, 11) is 7.99. The number of methoxy groups -OCH3 is 4. The van der Waals surface area contributed by atoms with Gasteiger partial charge in [-0.05, 0) is 46.3 Å². The van der Waals surface area contributed by atoms with E-state index < -0.39 is 0 Å². The van der Waals surface area contributed by atoms with E-state index in [1.807, 2.05) is 6.07 Å². The topological polar surface area (TPSA) is 57.2 Å². The lowest BCUT2D eigenvalue weighted by Gasteiger charge is -2.21. The Bertz CT molecular complexity index is 794. The molecule has 7 heteroatoms. The average molecular weight is 424 g/mol. The van der Waals surface area contributed by atoms with Gasteiger partial charge in [-0.15, -0.1) is 0 Å². The predicted octanol–water partition coefficient (Wildman–Crippen LogP) is 3.76. The van der Waals surface area contributed by atoms with Gasteiger partial charge in [0.05, 0.1) is 32.9 Å². The van der Waals surface area contributed by atoms with Crippen LogP contribution in [-0.4, -0.2) is 46.3 Å². The van der Waals surface area contributed by atoms with Crippen molar-refractivity contribution < 1.29 is 23.7 Å². The van der Waals surface area contributed by atoms with Gasteiger partial charge in [0, 0.05) is 24.7 Å². The second-order valence-electron chi connectivity index (χ2n) is 5.50. The zero-order valence-corrected chi connectivity index (χ0v) is 17.0. The van der Waals surface area contributed by atoms with Crippen LogP contribution in [0.2, 0.25) is 0 Å². The zero-order valence-electron chi connectivity index (χ0n) is 15.5. The average Bonchev–Trinajstić information content (AvgIpc) is 2.66. The standard InChI is InChI=1S/C19H22BrNO5/c1-21(19(22)12-6-8-15(23-2)14(20)10-12)11-13-7-9-16(24-3)18(26-5)17(13)25-4/h6-10H,11H2,1-5H3. The van der Waals surface area contributed by atoms with E-state index in [0.29, 0.717) is 35.1 Å². The van der Waals surface area contributed by atoms with Gasteiger partial charge in [0.15, 0.2) is 11.5 Å². The molecule has 0 aromatic heterocycles. The van der Waals surface area contributed by atoms with Crippen molar-refractivity contribution in [2.75, 3.05) is 35.5 Å². The van der Waals surface area contributed by atoms with Crippen LogP contribution in [0.25, 0.3) is 0 Å². The van der Waals surface area contributed by atoms with E-state index in [1.54, 1.807) is 64.7 Å². The molecule has 0 aliphatic heterocycles. The summed E-state index contributed by atoms with van der Waals surface area (Å²) < 4.78 is 22.1. The molecule has 0 aliphatic carbocycles. The molecular formula is C19H22BrNO5. The minimum Gasteiger partial charge on any atom is -0.496 e. The first-order chi connectivity index (χ1) is 12.5. The highest BCUT2D eigenvalue weighted by Crippen LogP contribution is 2.40. The van der Waals surface area contributed by atoms with Crippen LogP contribution in [0.15, 0.2) is 34.8 Å². The fourth-order valence-corrected chi connectivity index (χ4v) is 3.18. The van der Waals surface area contributed by atoms with Gasteiger partial charge < -0.3 is 23.8 Å². The number of carbonyl (C=O) groups excluding carboxylic acids is 1. The van der Waals surface area contributed by atoms with Crippen molar-refractivity contribution >= 4 is 21.8 Å². The predicted molar refractivity (Wildman–Crippen MR) is 103 cm³/mol. The minimum atomic E-state index is -0.120. The molecule has 0 bridgehead atoms. The van der Waals surface area contributed by atoms with Crippen molar-refractivity contribution in [3.63, 3.8) is 0 Å². The Balaban J connectivity index is 2.27. The molecule has 0 spiro atoms. The van der Waals surface area contributed by atoms with Gasteiger partial charge in [0.2, 0.25) is 5.75 Å². The van der Waals surface area contributed by atoms with E-state index >= 15 is 0 Å².